The number of benzene rings is 1. The summed E-state index contributed by atoms with van der Waals surface area (Å²) in [5, 5.41) is 6.07. The van der Waals surface area contributed by atoms with Crippen molar-refractivity contribution >= 4 is 11.6 Å². The van der Waals surface area contributed by atoms with Gasteiger partial charge in [-0.25, -0.2) is 0 Å². The lowest BCUT2D eigenvalue weighted by atomic mass is 10.2. The highest BCUT2D eigenvalue weighted by Gasteiger charge is 2.07. The maximum atomic E-state index is 12.1. The number of nitrogens with one attached hydrogen (secondary N) is 2. The van der Waals surface area contributed by atoms with E-state index in [4.69, 9.17) is 4.74 Å². The molecule has 0 spiro atoms. The van der Waals surface area contributed by atoms with Gasteiger partial charge in [-0.2, -0.15) is 0 Å². The summed E-state index contributed by atoms with van der Waals surface area (Å²) in [5.74, 6) is -0.183. The molecule has 0 saturated carbocycles. The summed E-state index contributed by atoms with van der Waals surface area (Å²) in [7, 11) is 0. The number of ether oxygens (including phenoxy) is 1. The minimum absolute atomic E-state index is 0.183. The van der Waals surface area contributed by atoms with E-state index >= 15 is 0 Å². The molecule has 0 aliphatic heterocycles. The standard InChI is InChI=1S/C17H21N3O2/c1-2-22-11-10-18-15-8-9-19-16(12-15)17(21)20-13-14-6-4-3-5-7-14/h3-9,12H,2,10-11,13H2,1H3,(H,18,19)(H,20,21). The second kappa shape index (κ2) is 8.79. The Morgan fingerprint density at radius 3 is 2.82 bits per heavy atom. The van der Waals surface area contributed by atoms with Gasteiger partial charge in [0.2, 0.25) is 0 Å². The molecule has 5 nitrogen and oxygen atoms in total. The first kappa shape index (κ1) is 16.0. The van der Waals surface area contributed by atoms with Gasteiger partial charge in [0.25, 0.3) is 5.91 Å². The Hall–Kier alpha value is -2.40. The van der Waals surface area contributed by atoms with Gasteiger partial charge in [0.1, 0.15) is 5.69 Å². The van der Waals surface area contributed by atoms with Crippen molar-refractivity contribution in [2.24, 2.45) is 0 Å². The number of carbonyl (C=O) groups excluding carboxylic acids is 1. The van der Waals surface area contributed by atoms with Crippen molar-refractivity contribution in [3.05, 3.63) is 59.9 Å². The van der Waals surface area contributed by atoms with Crippen LogP contribution < -0.4 is 10.6 Å². The molecule has 2 rings (SSSR count). The maximum Gasteiger partial charge on any atom is 0.270 e. The molecule has 1 aromatic heterocycles. The summed E-state index contributed by atoms with van der Waals surface area (Å²) < 4.78 is 5.26. The molecule has 116 valence electrons. The Kier molecular flexibility index (Phi) is 6.39. The van der Waals surface area contributed by atoms with E-state index in [1.807, 2.05) is 43.3 Å². The van der Waals surface area contributed by atoms with Crippen LogP contribution in [0, 0.1) is 0 Å². The quantitative estimate of drug-likeness (QED) is 0.735. The molecule has 2 aromatic rings. The van der Waals surface area contributed by atoms with Gasteiger partial charge in [0, 0.05) is 31.6 Å². The molecule has 0 fully saturated rings. The van der Waals surface area contributed by atoms with Crippen molar-refractivity contribution < 1.29 is 9.53 Å². The van der Waals surface area contributed by atoms with Gasteiger partial charge in [-0.3, -0.25) is 9.78 Å². The number of rotatable bonds is 8. The highest BCUT2D eigenvalue weighted by Crippen LogP contribution is 2.08. The first-order valence-electron chi connectivity index (χ1n) is 7.39. The van der Waals surface area contributed by atoms with Crippen LogP contribution in [0.2, 0.25) is 0 Å². The molecule has 0 saturated heterocycles. The molecule has 5 heteroatoms. The first-order valence-corrected chi connectivity index (χ1v) is 7.39. The molecule has 2 N–H and O–H groups in total. The zero-order chi connectivity index (χ0) is 15.6. The summed E-state index contributed by atoms with van der Waals surface area (Å²) in [6.07, 6.45) is 1.63. The molecule has 1 heterocycles. The topological polar surface area (TPSA) is 63.2 Å². The monoisotopic (exact) mass is 299 g/mol. The van der Waals surface area contributed by atoms with Crippen LogP contribution in [0.3, 0.4) is 0 Å². The number of amides is 1. The summed E-state index contributed by atoms with van der Waals surface area (Å²) in [5.41, 5.74) is 2.32. The minimum atomic E-state index is -0.183. The zero-order valence-electron chi connectivity index (χ0n) is 12.7. The summed E-state index contributed by atoms with van der Waals surface area (Å²) in [6, 6.07) is 13.4. The molecular weight excluding hydrogens is 278 g/mol. The van der Waals surface area contributed by atoms with Crippen LogP contribution in [-0.2, 0) is 11.3 Å². The predicted molar refractivity (Wildman–Crippen MR) is 86.8 cm³/mol. The Morgan fingerprint density at radius 1 is 1.23 bits per heavy atom. The zero-order valence-corrected chi connectivity index (χ0v) is 12.7. The number of carbonyl (C=O) groups is 1. The van der Waals surface area contributed by atoms with E-state index < -0.39 is 0 Å². The second-order valence-electron chi connectivity index (χ2n) is 4.72. The third-order valence-corrected chi connectivity index (χ3v) is 3.07. The summed E-state index contributed by atoms with van der Waals surface area (Å²) >= 11 is 0. The predicted octanol–water partition coefficient (Wildman–Crippen LogP) is 2.46. The van der Waals surface area contributed by atoms with Crippen LogP contribution in [0.1, 0.15) is 23.0 Å². The number of aromatic nitrogens is 1. The smallest absolute Gasteiger partial charge is 0.270 e. The molecule has 0 bridgehead atoms. The van der Waals surface area contributed by atoms with E-state index in [0.29, 0.717) is 32.0 Å². The fourth-order valence-corrected chi connectivity index (χ4v) is 1.95. The van der Waals surface area contributed by atoms with Crippen LogP contribution in [0.15, 0.2) is 48.7 Å². The molecule has 0 atom stereocenters. The Morgan fingerprint density at radius 2 is 2.05 bits per heavy atom. The summed E-state index contributed by atoms with van der Waals surface area (Å²) in [6.45, 7) is 4.48. The largest absolute Gasteiger partial charge is 0.383 e. The van der Waals surface area contributed by atoms with Crippen molar-refractivity contribution in [1.29, 1.82) is 0 Å². The number of anilines is 1. The Labute approximate surface area is 130 Å². The summed E-state index contributed by atoms with van der Waals surface area (Å²) in [4.78, 5) is 16.2. The van der Waals surface area contributed by atoms with Crippen molar-refractivity contribution in [3.63, 3.8) is 0 Å². The highest BCUT2D eigenvalue weighted by molar-refractivity contribution is 5.93. The molecule has 0 aliphatic rings. The number of pyridine rings is 1. The third kappa shape index (κ3) is 5.18. The molecule has 0 radical (unpaired) electrons. The fraction of sp³-hybridized carbons (Fsp3) is 0.294. The van der Waals surface area contributed by atoms with Crippen molar-refractivity contribution in [3.8, 4) is 0 Å². The fourth-order valence-electron chi connectivity index (χ4n) is 1.95. The Balaban J connectivity index is 1.86. The average Bonchev–Trinajstić information content (AvgIpc) is 2.58. The van der Waals surface area contributed by atoms with Gasteiger partial charge in [0.15, 0.2) is 0 Å². The molecular formula is C17H21N3O2. The van der Waals surface area contributed by atoms with Crippen LogP contribution in [0.5, 0.6) is 0 Å². The highest BCUT2D eigenvalue weighted by atomic mass is 16.5. The van der Waals surface area contributed by atoms with Gasteiger partial charge in [-0.1, -0.05) is 30.3 Å². The van der Waals surface area contributed by atoms with Crippen LogP contribution in [0.4, 0.5) is 5.69 Å². The molecule has 0 unspecified atom stereocenters. The van der Waals surface area contributed by atoms with Crippen LogP contribution in [0.25, 0.3) is 0 Å². The van der Waals surface area contributed by atoms with Gasteiger partial charge in [0.05, 0.1) is 6.61 Å². The van der Waals surface area contributed by atoms with E-state index in [-0.39, 0.29) is 5.91 Å². The second-order valence-corrected chi connectivity index (χ2v) is 4.72. The van der Waals surface area contributed by atoms with Crippen LogP contribution in [-0.4, -0.2) is 30.6 Å². The maximum absolute atomic E-state index is 12.1. The lowest BCUT2D eigenvalue weighted by Crippen LogP contribution is -2.24. The van der Waals surface area contributed by atoms with Gasteiger partial charge in [-0.05, 0) is 24.6 Å². The van der Waals surface area contributed by atoms with E-state index in [0.717, 1.165) is 11.3 Å². The average molecular weight is 299 g/mol. The molecule has 0 aliphatic carbocycles. The lowest BCUT2D eigenvalue weighted by Gasteiger charge is -2.08. The minimum Gasteiger partial charge on any atom is -0.383 e. The molecule has 1 amide bonds. The normalized spacial score (nSPS) is 10.2. The Bertz CT molecular complexity index is 587. The van der Waals surface area contributed by atoms with Crippen LogP contribution >= 0.6 is 0 Å². The van der Waals surface area contributed by atoms with Gasteiger partial charge < -0.3 is 15.4 Å². The van der Waals surface area contributed by atoms with E-state index in [1.54, 1.807) is 12.3 Å². The SMILES string of the molecule is CCOCCNc1ccnc(C(=O)NCc2ccccc2)c1. The third-order valence-electron chi connectivity index (χ3n) is 3.07. The molecule has 1 aromatic carbocycles. The van der Waals surface area contributed by atoms with E-state index in [1.165, 1.54) is 0 Å². The van der Waals surface area contributed by atoms with Gasteiger partial charge >= 0.3 is 0 Å². The van der Waals surface area contributed by atoms with Crippen molar-refractivity contribution in [1.82, 2.24) is 10.3 Å². The first-order chi connectivity index (χ1) is 10.8. The van der Waals surface area contributed by atoms with E-state index in [9.17, 15) is 4.79 Å². The number of hydrogen-bond acceptors (Lipinski definition) is 4. The number of nitrogens with zero attached hydrogens (tertiary/aromatic N) is 1. The van der Waals surface area contributed by atoms with E-state index in [2.05, 4.69) is 15.6 Å². The van der Waals surface area contributed by atoms with Crippen molar-refractivity contribution in [2.75, 3.05) is 25.1 Å². The number of hydrogen-bond donors (Lipinski definition) is 2. The van der Waals surface area contributed by atoms with Gasteiger partial charge in [-0.15, -0.1) is 0 Å². The van der Waals surface area contributed by atoms with Crippen molar-refractivity contribution in [2.45, 2.75) is 13.5 Å². The lowest BCUT2D eigenvalue weighted by molar-refractivity contribution is 0.0946. The molecule has 22 heavy (non-hydrogen) atoms.